The van der Waals surface area contributed by atoms with Gasteiger partial charge in [0.1, 0.15) is 0 Å². The van der Waals surface area contributed by atoms with Crippen molar-refractivity contribution in [3.8, 4) is 6.07 Å². The third-order valence-electron chi connectivity index (χ3n) is 4.52. The number of nitrogens with zero attached hydrogens (tertiary/aromatic N) is 1. The Morgan fingerprint density at radius 3 is 2.38 bits per heavy atom. The zero-order valence-corrected chi connectivity index (χ0v) is 13.8. The first kappa shape index (κ1) is 17.8. The Morgan fingerprint density at radius 2 is 1.92 bits per heavy atom. The van der Waals surface area contributed by atoms with Gasteiger partial charge in [0.2, 0.25) is 5.91 Å². The lowest BCUT2D eigenvalue weighted by Gasteiger charge is -2.47. The van der Waals surface area contributed by atoms with E-state index in [1.807, 2.05) is 0 Å². The van der Waals surface area contributed by atoms with Crippen molar-refractivity contribution in [1.29, 1.82) is 5.26 Å². The van der Waals surface area contributed by atoms with Gasteiger partial charge in [0.15, 0.2) is 27.8 Å². The van der Waals surface area contributed by atoms with Crippen LogP contribution >= 0.6 is 12.2 Å². The Morgan fingerprint density at radius 1 is 1.29 bits per heavy atom. The smallest absolute Gasteiger partial charge is 0.335 e. The van der Waals surface area contributed by atoms with E-state index in [1.54, 1.807) is 6.07 Å². The Labute approximate surface area is 142 Å². The summed E-state index contributed by atoms with van der Waals surface area (Å²) in [6.45, 7) is 0. The minimum atomic E-state index is -2.28. The van der Waals surface area contributed by atoms with E-state index in [0.717, 1.165) is 14.2 Å². The van der Waals surface area contributed by atoms with Crippen LogP contribution in [0.3, 0.4) is 0 Å². The fraction of sp³-hybridized carbons (Fsp3) is 0.571. The van der Waals surface area contributed by atoms with Crippen molar-refractivity contribution in [3.05, 3.63) is 0 Å². The minimum Gasteiger partial charge on any atom is -0.468 e. The third-order valence-corrected chi connectivity index (χ3v) is 4.72. The number of ether oxygens (including phenoxy) is 2. The van der Waals surface area contributed by atoms with Crippen molar-refractivity contribution >= 4 is 41.0 Å². The van der Waals surface area contributed by atoms with Crippen molar-refractivity contribution in [1.82, 2.24) is 10.6 Å². The highest BCUT2D eigenvalue weighted by Gasteiger charge is 2.74. The maximum Gasteiger partial charge on any atom is 0.335 e. The van der Waals surface area contributed by atoms with Gasteiger partial charge in [0.25, 0.3) is 0 Å². The molecule has 1 saturated carbocycles. The molecule has 24 heavy (non-hydrogen) atoms. The van der Waals surface area contributed by atoms with E-state index in [4.69, 9.17) is 21.7 Å². The molecule has 0 spiro atoms. The van der Waals surface area contributed by atoms with Crippen LogP contribution in [0.2, 0.25) is 0 Å². The summed E-state index contributed by atoms with van der Waals surface area (Å²) in [7, 11) is 2.09. The number of rotatable bonds is 3. The lowest BCUT2D eigenvalue weighted by Crippen LogP contribution is -2.78. The van der Waals surface area contributed by atoms with E-state index in [1.165, 1.54) is 0 Å². The molecule has 0 aromatic rings. The predicted molar refractivity (Wildman–Crippen MR) is 81.0 cm³/mol. The summed E-state index contributed by atoms with van der Waals surface area (Å²) >= 11 is 4.92. The van der Waals surface area contributed by atoms with Gasteiger partial charge in [-0.05, 0) is 25.1 Å². The Balaban J connectivity index is 2.84. The van der Waals surface area contributed by atoms with Crippen molar-refractivity contribution in [3.63, 3.8) is 0 Å². The number of amides is 1. The molecule has 1 heterocycles. The number of thiocarbonyl (C=S) groups is 1. The van der Waals surface area contributed by atoms with E-state index in [2.05, 4.69) is 10.6 Å². The Hall–Kier alpha value is -2.54. The molecule has 3 atom stereocenters. The number of nitrogens with one attached hydrogen (secondary N) is 2. The maximum absolute atomic E-state index is 12.7. The molecule has 0 radical (unpaired) electrons. The second kappa shape index (κ2) is 6.16. The quantitative estimate of drug-likeness (QED) is 0.370. The number of hydrogen-bond acceptors (Lipinski definition) is 8. The summed E-state index contributed by atoms with van der Waals surface area (Å²) < 4.78 is 9.50. The van der Waals surface area contributed by atoms with Gasteiger partial charge in [-0.15, -0.1) is 0 Å². The first-order chi connectivity index (χ1) is 11.3. The average molecular weight is 353 g/mol. The van der Waals surface area contributed by atoms with Gasteiger partial charge < -0.3 is 20.1 Å². The van der Waals surface area contributed by atoms with E-state index < -0.39 is 40.5 Å². The molecule has 2 aliphatic rings. The molecule has 9 nitrogen and oxygen atoms in total. The highest BCUT2D eigenvalue weighted by molar-refractivity contribution is 7.80. The molecule has 1 amide bonds. The summed E-state index contributed by atoms with van der Waals surface area (Å²) in [5.41, 5.74) is -4.35. The zero-order valence-electron chi connectivity index (χ0n) is 13.0. The van der Waals surface area contributed by atoms with Gasteiger partial charge in [-0.3, -0.25) is 14.4 Å². The molecule has 1 aliphatic heterocycles. The largest absolute Gasteiger partial charge is 0.468 e. The first-order valence-electron chi connectivity index (χ1n) is 7.04. The van der Waals surface area contributed by atoms with Crippen LogP contribution in [0.15, 0.2) is 0 Å². The summed E-state index contributed by atoms with van der Waals surface area (Å²) in [5.74, 6) is -5.33. The highest BCUT2D eigenvalue weighted by atomic mass is 32.1. The Bertz CT molecular complexity index is 686. The molecule has 2 fully saturated rings. The normalized spacial score (nSPS) is 32.4. The van der Waals surface area contributed by atoms with Crippen LogP contribution in [-0.4, -0.2) is 48.5 Å². The van der Waals surface area contributed by atoms with E-state index in [0.29, 0.717) is 6.42 Å². The summed E-state index contributed by atoms with van der Waals surface area (Å²) in [6.07, 6.45) is 0.220. The number of carbonyl (C=O) groups is 4. The molecule has 0 aromatic heterocycles. The number of esters is 2. The zero-order chi connectivity index (χ0) is 18.1. The number of hydrogen-bond donors (Lipinski definition) is 2. The average Bonchev–Trinajstić information content (AvgIpc) is 2.95. The van der Waals surface area contributed by atoms with Gasteiger partial charge in [0.05, 0.1) is 20.3 Å². The van der Waals surface area contributed by atoms with Gasteiger partial charge in [-0.1, -0.05) is 0 Å². The highest BCUT2D eigenvalue weighted by Crippen LogP contribution is 2.49. The van der Waals surface area contributed by atoms with Gasteiger partial charge in [0, 0.05) is 6.42 Å². The predicted octanol–water partition coefficient (Wildman–Crippen LogP) is -1.05. The second-order valence-electron chi connectivity index (χ2n) is 5.48. The standard InChI is InChI=1S/C14H15N3O6S/c1-22-10(20)13(5-3-4-8(13)18)14(11(21)23-2)7(6-15)9(19)16-12(24)17-14/h7H,3-5H2,1-2H3,(H2,16,17,19,24)/t7-,13+,14-/m1/s1. The number of nitriles is 1. The topological polar surface area (TPSA) is 135 Å². The van der Waals surface area contributed by atoms with Crippen molar-refractivity contribution in [2.24, 2.45) is 11.3 Å². The SMILES string of the molecule is COC(=O)[C@]1([C@@]2(C(=O)OC)NC(=S)NC(=O)[C@H]2C#N)CCCC1=O. The monoisotopic (exact) mass is 353 g/mol. The minimum absolute atomic E-state index is 0.00204. The van der Waals surface area contributed by atoms with Crippen molar-refractivity contribution < 1.29 is 28.7 Å². The third kappa shape index (κ3) is 2.08. The van der Waals surface area contributed by atoms with Crippen LogP contribution in [0, 0.1) is 22.7 Å². The number of Topliss-reactive ketones (excluding diaryl/α,β-unsaturated/α-hetero) is 1. The molecule has 0 bridgehead atoms. The maximum atomic E-state index is 12.7. The van der Waals surface area contributed by atoms with Crippen LogP contribution in [0.25, 0.3) is 0 Å². The van der Waals surface area contributed by atoms with Gasteiger partial charge in [-0.2, -0.15) is 5.26 Å². The number of methoxy groups -OCH3 is 2. The van der Waals surface area contributed by atoms with E-state index in [-0.39, 0.29) is 18.0 Å². The first-order valence-corrected chi connectivity index (χ1v) is 7.45. The van der Waals surface area contributed by atoms with Crippen LogP contribution in [0.1, 0.15) is 19.3 Å². The van der Waals surface area contributed by atoms with Gasteiger partial charge in [-0.25, -0.2) is 4.79 Å². The van der Waals surface area contributed by atoms with Crippen LogP contribution < -0.4 is 10.6 Å². The molecule has 2 N–H and O–H groups in total. The van der Waals surface area contributed by atoms with Crippen LogP contribution in [0.5, 0.6) is 0 Å². The molecule has 1 saturated heterocycles. The fourth-order valence-electron chi connectivity index (χ4n) is 3.51. The Kier molecular flexibility index (Phi) is 4.57. The summed E-state index contributed by atoms with van der Waals surface area (Å²) in [5, 5.41) is 13.9. The molecule has 10 heteroatoms. The molecule has 1 aliphatic carbocycles. The molecule has 2 rings (SSSR count). The lowest BCUT2D eigenvalue weighted by molar-refractivity contribution is -0.177. The molecular weight excluding hydrogens is 338 g/mol. The van der Waals surface area contributed by atoms with Gasteiger partial charge >= 0.3 is 11.9 Å². The number of ketones is 1. The molecule has 128 valence electrons. The summed E-state index contributed by atoms with van der Waals surface area (Å²) in [6, 6.07) is 1.69. The fourth-order valence-corrected chi connectivity index (χ4v) is 3.77. The van der Waals surface area contributed by atoms with Crippen molar-refractivity contribution in [2.75, 3.05) is 14.2 Å². The number of carbonyl (C=O) groups excluding carboxylic acids is 4. The van der Waals surface area contributed by atoms with Crippen LogP contribution in [-0.2, 0) is 28.7 Å². The second-order valence-corrected chi connectivity index (χ2v) is 5.89. The van der Waals surface area contributed by atoms with Crippen LogP contribution in [0.4, 0.5) is 0 Å². The lowest BCUT2D eigenvalue weighted by atomic mass is 9.60. The molecular formula is C14H15N3O6S. The molecule has 0 aromatic carbocycles. The van der Waals surface area contributed by atoms with Crippen molar-refractivity contribution in [2.45, 2.75) is 24.8 Å². The molecule has 0 unspecified atom stereocenters. The summed E-state index contributed by atoms with van der Waals surface area (Å²) in [4.78, 5) is 50.2. The van der Waals surface area contributed by atoms with E-state index >= 15 is 0 Å². The van der Waals surface area contributed by atoms with E-state index in [9.17, 15) is 24.4 Å².